The Morgan fingerprint density at radius 3 is 2.37 bits per heavy atom. The minimum atomic E-state index is -0.930. The number of nitrogens with zero attached hydrogens (tertiary/aromatic N) is 1. The van der Waals surface area contributed by atoms with Gasteiger partial charge >= 0.3 is 12.1 Å². The third-order valence-corrected chi connectivity index (χ3v) is 7.04. The fraction of sp³-hybridized carbons (Fsp3) is 0.370. The van der Waals surface area contributed by atoms with Crippen LogP contribution in [0.2, 0.25) is 0 Å². The second kappa shape index (κ2) is 9.92. The molecular weight excluding hydrogens is 448 g/mol. The second-order valence-electron chi connectivity index (χ2n) is 9.16. The summed E-state index contributed by atoms with van der Waals surface area (Å²) in [7, 11) is 0. The van der Waals surface area contributed by atoms with E-state index in [2.05, 4.69) is 29.6 Å². The first-order valence-electron chi connectivity index (χ1n) is 11.9. The number of benzene rings is 2. The predicted octanol–water partition coefficient (Wildman–Crippen LogP) is 3.17. The maximum absolute atomic E-state index is 12.8. The quantitative estimate of drug-likeness (QED) is 0.664. The van der Waals surface area contributed by atoms with E-state index in [1.54, 1.807) is 11.0 Å². The lowest BCUT2D eigenvalue weighted by Gasteiger charge is -2.27. The number of carboxylic acids is 1. The summed E-state index contributed by atoms with van der Waals surface area (Å²) >= 11 is 0. The van der Waals surface area contributed by atoms with Crippen LogP contribution >= 0.6 is 0 Å². The third kappa shape index (κ3) is 4.79. The molecule has 5 rings (SSSR count). The molecule has 0 aromatic heterocycles. The van der Waals surface area contributed by atoms with E-state index in [0.29, 0.717) is 38.1 Å². The maximum atomic E-state index is 12.8. The number of rotatable bonds is 6. The molecule has 0 spiro atoms. The van der Waals surface area contributed by atoms with Gasteiger partial charge in [-0.05, 0) is 35.1 Å². The minimum absolute atomic E-state index is 0.00174. The normalized spacial score (nSPS) is 21.1. The summed E-state index contributed by atoms with van der Waals surface area (Å²) in [4.78, 5) is 37.9. The molecule has 2 aromatic carbocycles. The van der Waals surface area contributed by atoms with Gasteiger partial charge in [-0.25, -0.2) is 9.59 Å². The fourth-order valence-electron chi connectivity index (χ4n) is 5.19. The minimum Gasteiger partial charge on any atom is -0.478 e. The van der Waals surface area contributed by atoms with E-state index in [-0.39, 0.29) is 37.0 Å². The van der Waals surface area contributed by atoms with E-state index in [9.17, 15) is 14.4 Å². The van der Waals surface area contributed by atoms with Gasteiger partial charge in [0.2, 0.25) is 5.91 Å². The molecule has 1 aliphatic carbocycles. The number of alkyl carbamates (subject to hydrolysis) is 1. The van der Waals surface area contributed by atoms with Crippen molar-refractivity contribution in [1.82, 2.24) is 10.2 Å². The number of carboxylic acid groups (broad SMARTS) is 1. The third-order valence-electron chi connectivity index (χ3n) is 7.04. The second-order valence-corrected chi connectivity index (χ2v) is 9.16. The van der Waals surface area contributed by atoms with Crippen LogP contribution in [0, 0.1) is 5.92 Å². The summed E-state index contributed by atoms with van der Waals surface area (Å²) in [5.41, 5.74) is 5.02. The highest BCUT2D eigenvalue weighted by atomic mass is 16.5. The first-order valence-corrected chi connectivity index (χ1v) is 11.9. The van der Waals surface area contributed by atoms with Crippen LogP contribution in [0.1, 0.15) is 29.9 Å². The molecule has 8 heteroatoms. The summed E-state index contributed by atoms with van der Waals surface area (Å²) in [5, 5.41) is 11.8. The van der Waals surface area contributed by atoms with Crippen molar-refractivity contribution in [3.05, 3.63) is 71.3 Å². The van der Waals surface area contributed by atoms with Gasteiger partial charge in [0.05, 0.1) is 18.6 Å². The Morgan fingerprint density at radius 2 is 1.74 bits per heavy atom. The topological polar surface area (TPSA) is 105 Å². The van der Waals surface area contributed by atoms with Crippen molar-refractivity contribution < 1.29 is 29.0 Å². The van der Waals surface area contributed by atoms with Gasteiger partial charge in [-0.3, -0.25) is 4.79 Å². The zero-order chi connectivity index (χ0) is 24.4. The highest BCUT2D eigenvalue weighted by Gasteiger charge is 2.35. The van der Waals surface area contributed by atoms with E-state index in [0.717, 1.165) is 11.1 Å². The molecule has 8 nitrogen and oxygen atoms in total. The molecule has 3 aliphatic rings. The lowest BCUT2D eigenvalue weighted by atomic mass is 9.98. The SMILES string of the molecule is O=C(NC[C@@H]1C[C@H](C(=O)N2CC=C(C(=O)O)CC2)CO1)OCC1c2ccccc2-c2ccccc21. The average Bonchev–Trinajstić information content (AvgIpc) is 3.49. The van der Waals surface area contributed by atoms with Gasteiger partial charge in [0.15, 0.2) is 0 Å². The van der Waals surface area contributed by atoms with Crippen molar-refractivity contribution in [3.63, 3.8) is 0 Å². The standard InChI is InChI=1S/C27H28N2O6/c30-25(29-11-9-17(10-12-29)26(31)32)18-13-19(34-15-18)14-28-27(33)35-16-24-22-7-3-1-5-20(22)21-6-2-4-8-23(21)24/h1-9,18-19,24H,10-16H2,(H,28,33)(H,31,32)/t18-,19-/m0/s1. The molecule has 2 amide bonds. The van der Waals surface area contributed by atoms with Crippen molar-refractivity contribution in [1.29, 1.82) is 0 Å². The van der Waals surface area contributed by atoms with Crippen LogP contribution < -0.4 is 5.32 Å². The summed E-state index contributed by atoms with van der Waals surface area (Å²) in [6.45, 7) is 1.51. The number of carbonyl (C=O) groups is 3. The first-order chi connectivity index (χ1) is 17.0. The summed E-state index contributed by atoms with van der Waals surface area (Å²) in [6.07, 6.45) is 1.68. The molecule has 2 aliphatic heterocycles. The Labute approximate surface area is 203 Å². The predicted molar refractivity (Wildman–Crippen MR) is 128 cm³/mol. The molecule has 2 N–H and O–H groups in total. The Balaban J connectivity index is 1.09. The number of aliphatic carboxylic acids is 1. The molecule has 0 saturated carbocycles. The van der Waals surface area contributed by atoms with E-state index in [4.69, 9.17) is 14.6 Å². The van der Waals surface area contributed by atoms with Crippen LogP contribution in [-0.4, -0.2) is 66.9 Å². The highest BCUT2D eigenvalue weighted by Crippen LogP contribution is 2.44. The number of carbonyl (C=O) groups excluding carboxylic acids is 2. The number of hydrogen-bond acceptors (Lipinski definition) is 5. The van der Waals surface area contributed by atoms with E-state index < -0.39 is 12.1 Å². The van der Waals surface area contributed by atoms with Crippen LogP contribution in [0.25, 0.3) is 11.1 Å². The summed E-state index contributed by atoms with van der Waals surface area (Å²) in [5.74, 6) is -1.25. The van der Waals surface area contributed by atoms with Crippen molar-refractivity contribution in [2.45, 2.75) is 24.9 Å². The van der Waals surface area contributed by atoms with Gasteiger partial charge in [-0.15, -0.1) is 0 Å². The maximum Gasteiger partial charge on any atom is 0.407 e. The lowest BCUT2D eigenvalue weighted by molar-refractivity contribution is -0.137. The zero-order valence-corrected chi connectivity index (χ0v) is 19.3. The molecular formula is C27H28N2O6. The number of hydrogen-bond donors (Lipinski definition) is 2. The monoisotopic (exact) mass is 476 g/mol. The smallest absolute Gasteiger partial charge is 0.407 e. The van der Waals surface area contributed by atoms with E-state index in [1.165, 1.54) is 11.1 Å². The lowest BCUT2D eigenvalue weighted by Crippen LogP contribution is -2.40. The van der Waals surface area contributed by atoms with E-state index >= 15 is 0 Å². The molecule has 35 heavy (non-hydrogen) atoms. The van der Waals surface area contributed by atoms with Gasteiger partial charge in [0.25, 0.3) is 0 Å². The Hall–Kier alpha value is -3.65. The zero-order valence-electron chi connectivity index (χ0n) is 19.3. The van der Waals surface area contributed by atoms with Crippen LogP contribution in [0.5, 0.6) is 0 Å². The largest absolute Gasteiger partial charge is 0.478 e. The molecule has 182 valence electrons. The van der Waals surface area contributed by atoms with Crippen molar-refractivity contribution in [2.24, 2.45) is 5.92 Å². The Morgan fingerprint density at radius 1 is 1.06 bits per heavy atom. The van der Waals surface area contributed by atoms with Crippen molar-refractivity contribution in [3.8, 4) is 11.1 Å². The summed E-state index contributed by atoms with van der Waals surface area (Å²) < 4.78 is 11.3. The van der Waals surface area contributed by atoms with Crippen LogP contribution in [0.4, 0.5) is 4.79 Å². The highest BCUT2D eigenvalue weighted by molar-refractivity contribution is 5.87. The van der Waals surface area contributed by atoms with Gasteiger partial charge in [-0.1, -0.05) is 54.6 Å². The molecule has 2 aromatic rings. The number of ether oxygens (including phenoxy) is 2. The Kier molecular flexibility index (Phi) is 6.55. The number of fused-ring (bicyclic) bond motifs is 3. The molecule has 0 unspecified atom stereocenters. The van der Waals surface area contributed by atoms with E-state index in [1.807, 2.05) is 24.3 Å². The number of nitrogens with one attached hydrogen (secondary N) is 1. The van der Waals surface area contributed by atoms with Crippen molar-refractivity contribution >= 4 is 18.0 Å². The van der Waals surface area contributed by atoms with Crippen molar-refractivity contribution in [2.75, 3.05) is 32.8 Å². The fourth-order valence-corrected chi connectivity index (χ4v) is 5.19. The van der Waals surface area contributed by atoms with Crippen LogP contribution in [0.15, 0.2) is 60.2 Å². The number of amides is 2. The van der Waals surface area contributed by atoms with Crippen LogP contribution in [-0.2, 0) is 19.1 Å². The molecule has 1 fully saturated rings. The molecule has 1 saturated heterocycles. The molecule has 2 atom stereocenters. The first kappa shape index (κ1) is 23.1. The Bertz CT molecular complexity index is 1130. The molecule has 0 radical (unpaired) electrons. The average molecular weight is 477 g/mol. The molecule has 0 bridgehead atoms. The van der Waals surface area contributed by atoms with Gasteiger partial charge in [0, 0.05) is 31.1 Å². The molecule has 2 heterocycles. The van der Waals surface area contributed by atoms with Crippen LogP contribution in [0.3, 0.4) is 0 Å². The van der Waals surface area contributed by atoms with Gasteiger partial charge in [-0.2, -0.15) is 0 Å². The van der Waals surface area contributed by atoms with Gasteiger partial charge < -0.3 is 24.8 Å². The summed E-state index contributed by atoms with van der Waals surface area (Å²) in [6, 6.07) is 16.4. The van der Waals surface area contributed by atoms with Gasteiger partial charge in [0.1, 0.15) is 6.61 Å².